The van der Waals surface area contributed by atoms with Gasteiger partial charge in [0.25, 0.3) is 11.8 Å². The van der Waals surface area contributed by atoms with Crippen molar-refractivity contribution in [2.24, 2.45) is 0 Å². The lowest BCUT2D eigenvalue weighted by Crippen LogP contribution is -2.32. The first kappa shape index (κ1) is 20.6. The number of hydrogen-bond acceptors (Lipinski definition) is 3. The number of nitrogens with zero attached hydrogens (tertiary/aromatic N) is 1. The summed E-state index contributed by atoms with van der Waals surface area (Å²) < 4.78 is 13.3. The SMILES string of the molecule is CCN1C(=O)c2ccccc2S(=O)c2ccc(C(=O)NC3CCCc4ccccc43)cc21. The van der Waals surface area contributed by atoms with E-state index in [0.29, 0.717) is 33.2 Å². The van der Waals surface area contributed by atoms with Crippen molar-refractivity contribution in [1.29, 1.82) is 0 Å². The number of amides is 2. The van der Waals surface area contributed by atoms with Gasteiger partial charge in [0.2, 0.25) is 0 Å². The summed E-state index contributed by atoms with van der Waals surface area (Å²) in [5, 5.41) is 3.17. The van der Waals surface area contributed by atoms with Gasteiger partial charge in [-0.25, -0.2) is 4.21 Å². The molecule has 1 N–H and O–H groups in total. The fourth-order valence-electron chi connectivity index (χ4n) is 4.66. The van der Waals surface area contributed by atoms with Crippen LogP contribution in [0.4, 0.5) is 5.69 Å². The van der Waals surface area contributed by atoms with Gasteiger partial charge < -0.3 is 10.2 Å². The number of nitrogens with one attached hydrogen (secondary N) is 1. The zero-order valence-corrected chi connectivity index (χ0v) is 18.7. The number of aryl methyl sites for hydroxylation is 1. The van der Waals surface area contributed by atoms with E-state index in [1.54, 1.807) is 47.4 Å². The Kier molecular flexibility index (Phi) is 5.39. The van der Waals surface area contributed by atoms with Gasteiger partial charge >= 0.3 is 0 Å². The molecule has 5 nitrogen and oxygen atoms in total. The molecule has 0 saturated carbocycles. The van der Waals surface area contributed by atoms with Crippen LogP contribution in [0.15, 0.2) is 76.5 Å². The van der Waals surface area contributed by atoms with Gasteiger partial charge in [-0.05, 0) is 67.6 Å². The van der Waals surface area contributed by atoms with Gasteiger partial charge in [-0.1, -0.05) is 36.4 Å². The van der Waals surface area contributed by atoms with Crippen molar-refractivity contribution in [1.82, 2.24) is 5.32 Å². The van der Waals surface area contributed by atoms with Gasteiger partial charge in [-0.2, -0.15) is 0 Å². The molecule has 2 amide bonds. The molecule has 0 fully saturated rings. The maximum Gasteiger partial charge on any atom is 0.259 e. The molecule has 6 heteroatoms. The molecule has 5 rings (SSSR count). The number of hydrogen-bond donors (Lipinski definition) is 1. The predicted molar refractivity (Wildman–Crippen MR) is 124 cm³/mol. The normalized spacial score (nSPS) is 19.4. The molecule has 2 unspecified atom stereocenters. The second-order valence-electron chi connectivity index (χ2n) is 8.11. The highest BCUT2D eigenvalue weighted by Gasteiger charge is 2.31. The molecule has 0 spiro atoms. The topological polar surface area (TPSA) is 66.5 Å². The highest BCUT2D eigenvalue weighted by molar-refractivity contribution is 7.85. The average molecular weight is 445 g/mol. The second kappa shape index (κ2) is 8.36. The number of carbonyl (C=O) groups excluding carboxylic acids is 2. The van der Waals surface area contributed by atoms with E-state index in [1.165, 1.54) is 11.1 Å². The van der Waals surface area contributed by atoms with Crippen molar-refractivity contribution in [2.75, 3.05) is 11.4 Å². The molecular formula is C26H24N2O3S. The van der Waals surface area contributed by atoms with Crippen LogP contribution in [-0.4, -0.2) is 22.6 Å². The van der Waals surface area contributed by atoms with Crippen LogP contribution < -0.4 is 10.2 Å². The van der Waals surface area contributed by atoms with Crippen LogP contribution in [-0.2, 0) is 17.2 Å². The third-order valence-electron chi connectivity index (χ3n) is 6.26. The molecule has 3 aromatic carbocycles. The minimum atomic E-state index is -1.50. The Hall–Kier alpha value is -3.25. The van der Waals surface area contributed by atoms with E-state index in [2.05, 4.69) is 17.4 Å². The molecule has 0 bridgehead atoms. The smallest absolute Gasteiger partial charge is 0.259 e. The Morgan fingerprint density at radius 2 is 1.84 bits per heavy atom. The molecule has 162 valence electrons. The van der Waals surface area contributed by atoms with Crippen molar-refractivity contribution >= 4 is 28.3 Å². The lowest BCUT2D eigenvalue weighted by Gasteiger charge is -2.27. The van der Waals surface area contributed by atoms with E-state index in [9.17, 15) is 13.8 Å². The van der Waals surface area contributed by atoms with Gasteiger partial charge in [0, 0.05) is 12.1 Å². The zero-order chi connectivity index (χ0) is 22.2. The Morgan fingerprint density at radius 3 is 2.69 bits per heavy atom. The maximum absolute atomic E-state index is 13.3. The molecule has 0 saturated heterocycles. The molecule has 1 aliphatic carbocycles. The highest BCUT2D eigenvalue weighted by atomic mass is 32.2. The molecule has 32 heavy (non-hydrogen) atoms. The molecule has 0 aromatic heterocycles. The number of fused-ring (bicyclic) bond motifs is 3. The van der Waals surface area contributed by atoms with E-state index in [-0.39, 0.29) is 17.9 Å². The summed E-state index contributed by atoms with van der Waals surface area (Å²) in [6.45, 7) is 2.29. The molecule has 2 aliphatic rings. The fourth-order valence-corrected chi connectivity index (χ4v) is 6.01. The van der Waals surface area contributed by atoms with Crippen molar-refractivity contribution in [2.45, 2.75) is 42.0 Å². The molecule has 1 heterocycles. The summed E-state index contributed by atoms with van der Waals surface area (Å²) in [6, 6.07) is 20.3. The average Bonchev–Trinajstić information content (AvgIpc) is 2.92. The second-order valence-corrected chi connectivity index (χ2v) is 9.53. The monoisotopic (exact) mass is 444 g/mol. The first-order chi connectivity index (χ1) is 15.6. The van der Waals surface area contributed by atoms with Crippen LogP contribution in [0, 0.1) is 0 Å². The van der Waals surface area contributed by atoms with Crippen LogP contribution in [0.3, 0.4) is 0 Å². The van der Waals surface area contributed by atoms with E-state index >= 15 is 0 Å². The van der Waals surface area contributed by atoms with Gasteiger partial charge in [-0.15, -0.1) is 0 Å². The first-order valence-electron chi connectivity index (χ1n) is 10.9. The van der Waals surface area contributed by atoms with Crippen LogP contribution >= 0.6 is 0 Å². The molecule has 3 aromatic rings. The van der Waals surface area contributed by atoms with E-state index in [1.807, 2.05) is 19.1 Å². The number of anilines is 1. The van der Waals surface area contributed by atoms with Crippen molar-refractivity contribution < 1.29 is 13.8 Å². The molecule has 1 aliphatic heterocycles. The van der Waals surface area contributed by atoms with Crippen molar-refractivity contribution in [3.63, 3.8) is 0 Å². The van der Waals surface area contributed by atoms with Crippen molar-refractivity contribution in [3.8, 4) is 0 Å². The summed E-state index contributed by atoms with van der Waals surface area (Å²) in [4.78, 5) is 29.0. The van der Waals surface area contributed by atoms with Gasteiger partial charge in [0.05, 0.1) is 37.9 Å². The molecular weight excluding hydrogens is 420 g/mol. The zero-order valence-electron chi connectivity index (χ0n) is 17.8. The Morgan fingerprint density at radius 1 is 1.06 bits per heavy atom. The Bertz CT molecular complexity index is 1250. The summed E-state index contributed by atoms with van der Waals surface area (Å²) in [7, 11) is -1.50. The fraction of sp³-hybridized carbons (Fsp3) is 0.231. The molecule has 2 atom stereocenters. The van der Waals surface area contributed by atoms with Crippen LogP contribution in [0.1, 0.15) is 57.7 Å². The highest BCUT2D eigenvalue weighted by Crippen LogP contribution is 2.35. The van der Waals surface area contributed by atoms with E-state index in [4.69, 9.17) is 0 Å². The lowest BCUT2D eigenvalue weighted by atomic mass is 9.87. The minimum absolute atomic E-state index is 0.0337. The van der Waals surface area contributed by atoms with Crippen LogP contribution in [0.2, 0.25) is 0 Å². The van der Waals surface area contributed by atoms with Crippen molar-refractivity contribution in [3.05, 3.63) is 89.0 Å². The first-order valence-corrected chi connectivity index (χ1v) is 12.1. The van der Waals surface area contributed by atoms with E-state index < -0.39 is 10.8 Å². The largest absolute Gasteiger partial charge is 0.345 e. The third kappa shape index (κ3) is 3.45. The summed E-state index contributed by atoms with van der Waals surface area (Å²) in [6.07, 6.45) is 2.95. The molecule has 0 radical (unpaired) electrons. The van der Waals surface area contributed by atoms with E-state index in [0.717, 1.165) is 19.3 Å². The lowest BCUT2D eigenvalue weighted by molar-refractivity contribution is 0.0930. The van der Waals surface area contributed by atoms with Crippen LogP contribution in [0.25, 0.3) is 0 Å². The minimum Gasteiger partial charge on any atom is -0.345 e. The van der Waals surface area contributed by atoms with Crippen LogP contribution in [0.5, 0.6) is 0 Å². The van der Waals surface area contributed by atoms with Gasteiger partial charge in [0.15, 0.2) is 0 Å². The number of benzene rings is 3. The predicted octanol–water partition coefficient (Wildman–Crippen LogP) is 4.64. The Balaban J connectivity index is 1.50. The summed E-state index contributed by atoms with van der Waals surface area (Å²) in [5.74, 6) is -0.389. The summed E-state index contributed by atoms with van der Waals surface area (Å²) in [5.41, 5.74) is 3.88. The third-order valence-corrected chi connectivity index (χ3v) is 7.77. The maximum atomic E-state index is 13.3. The number of carbonyl (C=O) groups is 2. The Labute approximate surface area is 189 Å². The van der Waals surface area contributed by atoms with Gasteiger partial charge in [0.1, 0.15) is 0 Å². The van der Waals surface area contributed by atoms with Gasteiger partial charge in [-0.3, -0.25) is 9.59 Å². The standard InChI is InChI=1S/C26H24N2O3S/c1-2-28-22-16-18(25(29)27-21-12-7-9-17-8-3-4-10-19(17)21)14-15-24(22)32(31)23-13-6-5-11-20(23)26(28)30/h3-6,8,10-11,13-16,21H,2,7,9,12H2,1H3,(H,27,29). The number of rotatable bonds is 3. The quantitative estimate of drug-likeness (QED) is 0.640. The summed E-state index contributed by atoms with van der Waals surface area (Å²) >= 11 is 0.